The van der Waals surface area contributed by atoms with Crippen molar-refractivity contribution in [1.82, 2.24) is 4.98 Å². The summed E-state index contributed by atoms with van der Waals surface area (Å²) in [4.78, 5) is 4.79. The number of rotatable bonds is 3. The summed E-state index contributed by atoms with van der Waals surface area (Å²) in [5, 5.41) is 3.28. The van der Waals surface area contributed by atoms with Crippen molar-refractivity contribution >= 4 is 17.0 Å². The van der Waals surface area contributed by atoms with Crippen molar-refractivity contribution < 1.29 is 0 Å². The Morgan fingerprint density at radius 2 is 1.81 bits per heavy atom. The molecular formula is C18H18N2S. The highest BCUT2D eigenvalue weighted by Gasteiger charge is 2.08. The second-order valence-corrected chi connectivity index (χ2v) is 6.31. The van der Waals surface area contributed by atoms with Crippen LogP contribution < -0.4 is 5.73 Å². The summed E-state index contributed by atoms with van der Waals surface area (Å²) in [5.41, 5.74) is 12.6. The topological polar surface area (TPSA) is 38.9 Å². The van der Waals surface area contributed by atoms with Crippen LogP contribution in [0.4, 0.5) is 5.69 Å². The van der Waals surface area contributed by atoms with E-state index >= 15 is 0 Å². The number of aromatic nitrogens is 1. The van der Waals surface area contributed by atoms with E-state index in [1.54, 1.807) is 11.3 Å². The molecule has 0 saturated carbocycles. The Kier molecular flexibility index (Phi) is 3.76. The van der Waals surface area contributed by atoms with Crippen LogP contribution >= 0.6 is 11.3 Å². The normalized spacial score (nSPS) is 10.8. The molecule has 0 bridgehead atoms. The Morgan fingerprint density at radius 3 is 2.57 bits per heavy atom. The minimum Gasteiger partial charge on any atom is -0.399 e. The molecule has 0 fully saturated rings. The van der Waals surface area contributed by atoms with Gasteiger partial charge in [-0.15, -0.1) is 11.3 Å². The minimum absolute atomic E-state index is 0.800. The van der Waals surface area contributed by atoms with Gasteiger partial charge in [0.25, 0.3) is 0 Å². The molecule has 0 saturated heterocycles. The summed E-state index contributed by atoms with van der Waals surface area (Å²) in [5.74, 6) is 0. The predicted octanol–water partition coefficient (Wildman–Crippen LogP) is 4.60. The van der Waals surface area contributed by atoms with Gasteiger partial charge < -0.3 is 5.73 Å². The Morgan fingerprint density at radius 1 is 1.05 bits per heavy atom. The second kappa shape index (κ2) is 5.70. The van der Waals surface area contributed by atoms with Crippen molar-refractivity contribution in [2.24, 2.45) is 0 Å². The summed E-state index contributed by atoms with van der Waals surface area (Å²) < 4.78 is 0. The van der Waals surface area contributed by atoms with Gasteiger partial charge in [0.15, 0.2) is 0 Å². The summed E-state index contributed by atoms with van der Waals surface area (Å²) in [7, 11) is 0. The number of hydrogen-bond acceptors (Lipinski definition) is 3. The number of nitrogens with zero attached hydrogens (tertiary/aromatic N) is 1. The summed E-state index contributed by atoms with van der Waals surface area (Å²) in [6.45, 7) is 4.25. The van der Waals surface area contributed by atoms with Gasteiger partial charge in [-0.2, -0.15) is 0 Å². The molecule has 106 valence electrons. The fourth-order valence-electron chi connectivity index (χ4n) is 2.34. The lowest BCUT2D eigenvalue weighted by molar-refractivity contribution is 1.14. The monoisotopic (exact) mass is 294 g/mol. The minimum atomic E-state index is 0.800. The smallest absolute Gasteiger partial charge is 0.0976 e. The molecule has 0 unspecified atom stereocenters. The molecule has 1 heterocycles. The van der Waals surface area contributed by atoms with Crippen molar-refractivity contribution in [2.75, 3.05) is 5.73 Å². The highest BCUT2D eigenvalue weighted by Crippen LogP contribution is 2.27. The van der Waals surface area contributed by atoms with E-state index in [4.69, 9.17) is 10.7 Å². The second-order valence-electron chi connectivity index (χ2n) is 5.36. The summed E-state index contributed by atoms with van der Waals surface area (Å²) in [6.07, 6.45) is 0.857. The number of benzene rings is 2. The molecule has 0 aliphatic heterocycles. The average molecular weight is 294 g/mol. The third-order valence-corrected chi connectivity index (χ3v) is 4.40. The van der Waals surface area contributed by atoms with Crippen LogP contribution in [0.1, 0.15) is 21.7 Å². The number of thiazole rings is 1. The molecule has 1 aromatic heterocycles. The Labute approximate surface area is 129 Å². The zero-order valence-corrected chi connectivity index (χ0v) is 13.1. The Bertz CT molecular complexity index is 757. The van der Waals surface area contributed by atoms with Gasteiger partial charge >= 0.3 is 0 Å². The molecule has 2 aromatic carbocycles. The molecule has 0 radical (unpaired) electrons. The van der Waals surface area contributed by atoms with Crippen molar-refractivity contribution in [3.63, 3.8) is 0 Å². The van der Waals surface area contributed by atoms with E-state index in [-0.39, 0.29) is 0 Å². The Hall–Kier alpha value is -2.13. The molecule has 0 amide bonds. The highest BCUT2D eigenvalue weighted by molar-refractivity contribution is 7.10. The van der Waals surface area contributed by atoms with Crippen molar-refractivity contribution in [3.8, 4) is 11.3 Å². The first-order valence-corrected chi connectivity index (χ1v) is 7.86. The standard InChI is InChI=1S/C18H18N2S/c1-12-3-4-13(2)16(9-12)17-11-21-18(20-17)10-14-5-7-15(19)8-6-14/h3-9,11H,10,19H2,1-2H3. The maximum absolute atomic E-state index is 5.72. The number of hydrogen-bond donors (Lipinski definition) is 1. The molecule has 3 heteroatoms. The lowest BCUT2D eigenvalue weighted by atomic mass is 10.0. The summed E-state index contributed by atoms with van der Waals surface area (Å²) in [6, 6.07) is 14.5. The number of nitrogens with two attached hydrogens (primary N) is 1. The molecule has 2 N–H and O–H groups in total. The zero-order chi connectivity index (χ0) is 14.8. The van der Waals surface area contributed by atoms with Gasteiger partial charge in [0.2, 0.25) is 0 Å². The van der Waals surface area contributed by atoms with Crippen molar-refractivity contribution in [1.29, 1.82) is 0 Å². The maximum Gasteiger partial charge on any atom is 0.0976 e. The van der Waals surface area contributed by atoms with E-state index in [1.165, 1.54) is 22.3 Å². The van der Waals surface area contributed by atoms with Gasteiger partial charge in [-0.3, -0.25) is 0 Å². The predicted molar refractivity (Wildman–Crippen MR) is 90.7 cm³/mol. The van der Waals surface area contributed by atoms with Gasteiger partial charge in [0.05, 0.1) is 10.7 Å². The van der Waals surface area contributed by atoms with E-state index < -0.39 is 0 Å². The van der Waals surface area contributed by atoms with E-state index in [0.29, 0.717) is 0 Å². The van der Waals surface area contributed by atoms with Crippen molar-refractivity contribution in [2.45, 2.75) is 20.3 Å². The third kappa shape index (κ3) is 3.14. The van der Waals surface area contributed by atoms with E-state index in [9.17, 15) is 0 Å². The SMILES string of the molecule is Cc1ccc(C)c(-c2csc(Cc3ccc(N)cc3)n2)c1. The third-order valence-electron chi connectivity index (χ3n) is 3.56. The van der Waals surface area contributed by atoms with Gasteiger partial charge in [0, 0.05) is 23.1 Å². The van der Waals surface area contributed by atoms with E-state index in [1.807, 2.05) is 12.1 Å². The average Bonchev–Trinajstić information content (AvgIpc) is 2.92. The maximum atomic E-state index is 5.72. The molecule has 0 aliphatic rings. The quantitative estimate of drug-likeness (QED) is 0.717. The highest BCUT2D eigenvalue weighted by atomic mass is 32.1. The molecule has 21 heavy (non-hydrogen) atoms. The van der Waals surface area contributed by atoms with Gasteiger partial charge in [-0.1, -0.05) is 29.8 Å². The van der Waals surface area contributed by atoms with Crippen LogP contribution in [0.5, 0.6) is 0 Å². The van der Waals surface area contributed by atoms with Gasteiger partial charge in [-0.25, -0.2) is 4.98 Å². The number of nitrogen functional groups attached to an aromatic ring is 1. The van der Waals surface area contributed by atoms with E-state index in [2.05, 4.69) is 49.6 Å². The first-order chi connectivity index (χ1) is 10.1. The van der Waals surface area contributed by atoms with Crippen LogP contribution in [0.25, 0.3) is 11.3 Å². The van der Waals surface area contributed by atoms with Crippen LogP contribution in [-0.4, -0.2) is 4.98 Å². The van der Waals surface area contributed by atoms with E-state index in [0.717, 1.165) is 22.8 Å². The lowest BCUT2D eigenvalue weighted by Crippen LogP contribution is -1.90. The fourth-order valence-corrected chi connectivity index (χ4v) is 3.17. The molecular weight excluding hydrogens is 276 g/mol. The van der Waals surface area contributed by atoms with Crippen LogP contribution in [-0.2, 0) is 6.42 Å². The summed E-state index contributed by atoms with van der Waals surface area (Å²) >= 11 is 1.72. The van der Waals surface area contributed by atoms with Gasteiger partial charge in [-0.05, 0) is 43.2 Å². The van der Waals surface area contributed by atoms with Crippen LogP contribution in [0.2, 0.25) is 0 Å². The van der Waals surface area contributed by atoms with Crippen molar-refractivity contribution in [3.05, 3.63) is 69.5 Å². The molecule has 3 aromatic rings. The Balaban J connectivity index is 1.86. The number of anilines is 1. The molecule has 0 aliphatic carbocycles. The lowest BCUT2D eigenvalue weighted by Gasteiger charge is -2.04. The molecule has 3 rings (SSSR count). The van der Waals surface area contributed by atoms with Gasteiger partial charge in [0.1, 0.15) is 0 Å². The van der Waals surface area contributed by atoms with Crippen LogP contribution in [0.3, 0.4) is 0 Å². The largest absolute Gasteiger partial charge is 0.399 e. The molecule has 0 spiro atoms. The number of aryl methyl sites for hydroxylation is 2. The zero-order valence-electron chi connectivity index (χ0n) is 12.3. The fraction of sp³-hybridized carbons (Fsp3) is 0.167. The molecule has 0 atom stereocenters. The van der Waals surface area contributed by atoms with Crippen LogP contribution in [0.15, 0.2) is 47.8 Å². The first kappa shape index (κ1) is 13.8. The van der Waals surface area contributed by atoms with Crippen LogP contribution in [0, 0.1) is 13.8 Å². The molecule has 2 nitrogen and oxygen atoms in total. The first-order valence-electron chi connectivity index (χ1n) is 6.98.